The summed E-state index contributed by atoms with van der Waals surface area (Å²) in [5.41, 5.74) is 0. The average molecular weight is 837 g/mol. The monoisotopic (exact) mass is 837 g/mol. The largest absolute Gasteiger partial charge is 0.477 e. The number of ether oxygens (including phenoxy) is 3. The van der Waals surface area contributed by atoms with Gasteiger partial charge in [0.1, 0.15) is 6.61 Å². The van der Waals surface area contributed by atoms with Crippen LogP contribution in [-0.2, 0) is 28.6 Å². The Hall–Kier alpha value is -1.93. The van der Waals surface area contributed by atoms with Crippen LogP contribution in [0.15, 0.2) is 12.2 Å². The highest BCUT2D eigenvalue weighted by Gasteiger charge is 2.31. The highest BCUT2D eigenvalue weighted by atomic mass is 16.6. The highest BCUT2D eigenvalue weighted by Crippen LogP contribution is 2.16. The minimum atomic E-state index is -0.871. The Labute approximate surface area is 365 Å². The van der Waals surface area contributed by atoms with Crippen molar-refractivity contribution >= 4 is 17.9 Å². The molecule has 0 aromatic rings. The number of rotatable bonds is 46. The molecule has 8 heteroatoms. The van der Waals surface area contributed by atoms with Crippen LogP contribution in [0.1, 0.15) is 245 Å². The van der Waals surface area contributed by atoms with Crippen LogP contribution in [0.25, 0.3) is 0 Å². The molecule has 0 saturated heterocycles. The predicted molar refractivity (Wildman–Crippen MR) is 248 cm³/mol. The summed E-state index contributed by atoms with van der Waals surface area (Å²) in [5.74, 6) is -1.45. The van der Waals surface area contributed by atoms with Crippen LogP contribution in [0.5, 0.6) is 0 Å². The number of likely N-dealkylation sites (N-methyl/N-ethyl adjacent to an activating group) is 1. The summed E-state index contributed by atoms with van der Waals surface area (Å²) < 4.78 is 17.4. The summed E-state index contributed by atoms with van der Waals surface area (Å²) in [6.07, 6.45) is 46.8. The van der Waals surface area contributed by atoms with E-state index >= 15 is 0 Å². The molecule has 348 valence electrons. The maximum Gasteiger partial charge on any atom is 0.362 e. The number of hydrogen-bond acceptors (Lipinski definition) is 6. The number of carbonyl (C=O) groups excluding carboxylic acids is 2. The molecule has 59 heavy (non-hydrogen) atoms. The van der Waals surface area contributed by atoms with Gasteiger partial charge in [0.25, 0.3) is 0 Å². The Morgan fingerprint density at radius 2 is 0.847 bits per heavy atom. The SMILES string of the molecule is CCCCCCCC/C=C\CCCCCCCCCCCC(=O)OC(COCCC(C(=O)O)[N+](C)(C)C)COC(=O)CCCCCCCCCCCCCCCCCC. The van der Waals surface area contributed by atoms with Crippen LogP contribution in [-0.4, -0.2) is 80.6 Å². The van der Waals surface area contributed by atoms with Gasteiger partial charge in [-0.2, -0.15) is 0 Å². The van der Waals surface area contributed by atoms with E-state index < -0.39 is 18.1 Å². The molecule has 0 aliphatic rings. The molecule has 2 atom stereocenters. The summed E-state index contributed by atoms with van der Waals surface area (Å²) in [4.78, 5) is 37.1. The second-order valence-corrected chi connectivity index (χ2v) is 18.4. The highest BCUT2D eigenvalue weighted by molar-refractivity contribution is 5.72. The Morgan fingerprint density at radius 3 is 1.22 bits per heavy atom. The average Bonchev–Trinajstić information content (AvgIpc) is 3.19. The molecule has 2 unspecified atom stereocenters. The van der Waals surface area contributed by atoms with Gasteiger partial charge in [-0.05, 0) is 38.5 Å². The molecule has 8 nitrogen and oxygen atoms in total. The molecule has 0 aromatic heterocycles. The smallest absolute Gasteiger partial charge is 0.362 e. The number of aliphatic carboxylic acids is 1. The number of carboxylic acids is 1. The lowest BCUT2D eigenvalue weighted by Gasteiger charge is -2.31. The van der Waals surface area contributed by atoms with Crippen molar-refractivity contribution in [2.24, 2.45) is 0 Å². The topological polar surface area (TPSA) is 99.1 Å². The van der Waals surface area contributed by atoms with Crippen LogP contribution in [0, 0.1) is 0 Å². The lowest BCUT2D eigenvalue weighted by Crippen LogP contribution is -2.50. The first-order valence-corrected chi connectivity index (χ1v) is 25.2. The Balaban J connectivity index is 4.23. The molecular weight excluding hydrogens is 739 g/mol. The van der Waals surface area contributed by atoms with Gasteiger partial charge >= 0.3 is 17.9 Å². The Morgan fingerprint density at radius 1 is 0.492 bits per heavy atom. The van der Waals surface area contributed by atoms with Crippen LogP contribution in [0.2, 0.25) is 0 Å². The van der Waals surface area contributed by atoms with Crippen LogP contribution in [0.3, 0.4) is 0 Å². The fourth-order valence-corrected chi connectivity index (χ4v) is 7.74. The number of carbonyl (C=O) groups is 3. The van der Waals surface area contributed by atoms with Crippen molar-refractivity contribution in [1.82, 2.24) is 0 Å². The quantitative estimate of drug-likeness (QED) is 0.0282. The van der Waals surface area contributed by atoms with Crippen molar-refractivity contribution in [3.63, 3.8) is 0 Å². The third-order valence-electron chi connectivity index (χ3n) is 11.7. The molecular formula is C51H98NO7+. The Bertz CT molecular complexity index is 978. The van der Waals surface area contributed by atoms with Gasteiger partial charge < -0.3 is 23.8 Å². The van der Waals surface area contributed by atoms with E-state index in [1.807, 2.05) is 21.1 Å². The summed E-state index contributed by atoms with van der Waals surface area (Å²) >= 11 is 0. The van der Waals surface area contributed by atoms with E-state index in [0.717, 1.165) is 38.5 Å². The predicted octanol–water partition coefficient (Wildman–Crippen LogP) is 14.3. The zero-order valence-corrected chi connectivity index (χ0v) is 39.7. The second-order valence-electron chi connectivity index (χ2n) is 18.4. The van der Waals surface area contributed by atoms with E-state index in [1.165, 1.54) is 173 Å². The minimum absolute atomic E-state index is 0.0450. The van der Waals surface area contributed by atoms with Gasteiger partial charge in [0.05, 0.1) is 34.4 Å². The molecule has 0 spiro atoms. The molecule has 0 aliphatic carbocycles. The first-order valence-electron chi connectivity index (χ1n) is 25.2. The zero-order valence-electron chi connectivity index (χ0n) is 39.7. The van der Waals surface area contributed by atoms with E-state index in [2.05, 4.69) is 26.0 Å². The van der Waals surface area contributed by atoms with Gasteiger partial charge in [0.15, 0.2) is 12.1 Å². The third kappa shape index (κ3) is 41.2. The molecule has 0 rings (SSSR count). The number of carboxylic acid groups (broad SMARTS) is 1. The minimum Gasteiger partial charge on any atom is -0.477 e. The standard InChI is InChI=1S/C51H97NO7/c1-6-8-10-12-14-16-18-20-22-24-25-26-28-30-32-34-36-38-40-42-50(54)59-47(45-57-44-43-48(51(55)56)52(3,4)5)46-58-49(53)41-39-37-35-33-31-29-27-23-21-19-17-15-13-11-9-7-2/h20,22,47-48H,6-19,21,23-46H2,1-5H3/p+1/b22-20-. The van der Waals surface area contributed by atoms with Crippen LogP contribution < -0.4 is 0 Å². The van der Waals surface area contributed by atoms with Crippen molar-refractivity contribution in [3.8, 4) is 0 Å². The van der Waals surface area contributed by atoms with Gasteiger partial charge in [-0.15, -0.1) is 0 Å². The van der Waals surface area contributed by atoms with Gasteiger partial charge in [0.2, 0.25) is 0 Å². The van der Waals surface area contributed by atoms with Crippen molar-refractivity contribution in [2.75, 3.05) is 41.0 Å². The van der Waals surface area contributed by atoms with Crippen LogP contribution >= 0.6 is 0 Å². The number of hydrogen-bond donors (Lipinski definition) is 1. The van der Waals surface area contributed by atoms with E-state index in [4.69, 9.17) is 14.2 Å². The molecule has 1 N–H and O–H groups in total. The van der Waals surface area contributed by atoms with E-state index in [1.54, 1.807) is 0 Å². The molecule has 0 aliphatic heterocycles. The summed E-state index contributed by atoms with van der Waals surface area (Å²) in [7, 11) is 5.54. The number of unbranched alkanes of at least 4 members (excludes halogenated alkanes) is 30. The first kappa shape index (κ1) is 57.1. The normalized spacial score (nSPS) is 12.9. The molecule has 0 radical (unpaired) electrons. The number of nitrogens with zero attached hydrogens (tertiary/aromatic N) is 1. The van der Waals surface area contributed by atoms with Gasteiger partial charge in [-0.25, -0.2) is 4.79 Å². The molecule has 0 amide bonds. The zero-order chi connectivity index (χ0) is 43.5. The molecule has 0 heterocycles. The van der Waals surface area contributed by atoms with E-state index in [9.17, 15) is 19.5 Å². The summed E-state index contributed by atoms with van der Waals surface area (Å²) in [5, 5.41) is 9.64. The maximum atomic E-state index is 12.8. The summed E-state index contributed by atoms with van der Waals surface area (Å²) in [6.45, 7) is 4.78. The fourth-order valence-electron chi connectivity index (χ4n) is 7.74. The maximum absolute atomic E-state index is 12.8. The van der Waals surface area contributed by atoms with Gasteiger partial charge in [-0.1, -0.05) is 199 Å². The molecule has 0 saturated carbocycles. The van der Waals surface area contributed by atoms with Crippen molar-refractivity contribution < 1.29 is 38.2 Å². The second kappa shape index (κ2) is 42.7. The third-order valence-corrected chi connectivity index (χ3v) is 11.7. The Kier molecular flexibility index (Phi) is 41.3. The van der Waals surface area contributed by atoms with Crippen molar-refractivity contribution in [3.05, 3.63) is 12.2 Å². The number of allylic oxidation sites excluding steroid dienone is 2. The number of quaternary nitrogens is 1. The van der Waals surface area contributed by atoms with Crippen LogP contribution in [0.4, 0.5) is 0 Å². The van der Waals surface area contributed by atoms with E-state index in [-0.39, 0.29) is 36.2 Å². The molecule has 0 aromatic carbocycles. The lowest BCUT2D eigenvalue weighted by molar-refractivity contribution is -0.887. The van der Waals surface area contributed by atoms with Crippen molar-refractivity contribution in [1.29, 1.82) is 0 Å². The summed E-state index contributed by atoms with van der Waals surface area (Å²) in [6, 6.07) is -0.611. The van der Waals surface area contributed by atoms with Gasteiger partial charge in [-0.3, -0.25) is 9.59 Å². The number of esters is 2. The molecule has 0 fully saturated rings. The molecule has 0 bridgehead atoms. The lowest BCUT2D eigenvalue weighted by atomic mass is 10.0. The fraction of sp³-hybridized carbons (Fsp3) is 0.902. The first-order chi connectivity index (χ1) is 28.6. The van der Waals surface area contributed by atoms with Gasteiger partial charge in [0, 0.05) is 19.3 Å². The van der Waals surface area contributed by atoms with Crippen molar-refractivity contribution in [2.45, 2.75) is 257 Å². The van der Waals surface area contributed by atoms with E-state index in [0.29, 0.717) is 19.3 Å².